The second-order valence-electron chi connectivity index (χ2n) is 7.21. The minimum atomic E-state index is -0.575. The van der Waals surface area contributed by atoms with Gasteiger partial charge in [-0.05, 0) is 32.4 Å². The number of hydrogen-bond acceptors (Lipinski definition) is 5. The Bertz CT molecular complexity index is 793. The van der Waals surface area contributed by atoms with E-state index in [9.17, 15) is 9.59 Å². The zero-order valence-electron chi connectivity index (χ0n) is 15.3. The lowest BCUT2D eigenvalue weighted by atomic mass is 10.2. The first-order chi connectivity index (χ1) is 12.3. The SMILES string of the molecule is CC(C)(C)OC(=O)c1cc2n(n1)CCN(C(=O)OCc1ccccc1)C2. The molecule has 1 aliphatic heterocycles. The van der Waals surface area contributed by atoms with Gasteiger partial charge in [0, 0.05) is 6.54 Å². The number of aromatic nitrogens is 2. The Labute approximate surface area is 152 Å². The van der Waals surface area contributed by atoms with Gasteiger partial charge in [-0.25, -0.2) is 9.59 Å². The highest BCUT2D eigenvalue weighted by molar-refractivity contribution is 5.87. The van der Waals surface area contributed by atoms with Crippen LogP contribution in [0.3, 0.4) is 0 Å². The molecule has 138 valence electrons. The van der Waals surface area contributed by atoms with Crippen LogP contribution in [0.2, 0.25) is 0 Å². The fourth-order valence-electron chi connectivity index (χ4n) is 2.66. The summed E-state index contributed by atoms with van der Waals surface area (Å²) in [5.41, 5.74) is 1.41. The van der Waals surface area contributed by atoms with Crippen LogP contribution in [-0.4, -0.2) is 38.9 Å². The van der Waals surface area contributed by atoms with E-state index in [2.05, 4.69) is 5.10 Å². The highest BCUT2D eigenvalue weighted by Crippen LogP contribution is 2.17. The maximum Gasteiger partial charge on any atom is 0.410 e. The molecule has 2 heterocycles. The van der Waals surface area contributed by atoms with Crippen LogP contribution in [0.4, 0.5) is 4.79 Å². The standard InChI is InChI=1S/C19H23N3O4/c1-19(2,3)26-17(23)16-11-15-12-21(9-10-22(15)20-16)18(24)25-13-14-7-5-4-6-8-14/h4-8,11H,9-10,12-13H2,1-3H3. The van der Waals surface area contributed by atoms with E-state index >= 15 is 0 Å². The molecule has 0 saturated heterocycles. The number of carbonyl (C=O) groups is 2. The summed E-state index contributed by atoms with van der Waals surface area (Å²) >= 11 is 0. The molecule has 0 aliphatic carbocycles. The van der Waals surface area contributed by atoms with Crippen LogP contribution in [0.25, 0.3) is 0 Å². The van der Waals surface area contributed by atoms with Gasteiger partial charge >= 0.3 is 12.1 Å². The molecular formula is C19H23N3O4. The fraction of sp³-hybridized carbons (Fsp3) is 0.421. The van der Waals surface area contributed by atoms with Crippen LogP contribution in [-0.2, 0) is 29.2 Å². The van der Waals surface area contributed by atoms with Gasteiger partial charge in [0.25, 0.3) is 0 Å². The number of benzene rings is 1. The summed E-state index contributed by atoms with van der Waals surface area (Å²) in [6.07, 6.45) is -0.375. The normalized spacial score (nSPS) is 13.9. The van der Waals surface area contributed by atoms with E-state index in [1.165, 1.54) is 0 Å². The molecule has 0 radical (unpaired) electrons. The van der Waals surface area contributed by atoms with Gasteiger partial charge in [-0.15, -0.1) is 0 Å². The largest absolute Gasteiger partial charge is 0.455 e. The summed E-state index contributed by atoms with van der Waals surface area (Å²) in [4.78, 5) is 26.1. The Morgan fingerprint density at radius 1 is 1.15 bits per heavy atom. The maximum absolute atomic E-state index is 12.3. The molecule has 0 bridgehead atoms. The zero-order chi connectivity index (χ0) is 18.7. The minimum Gasteiger partial charge on any atom is -0.455 e. The van der Waals surface area contributed by atoms with Gasteiger partial charge in [-0.1, -0.05) is 30.3 Å². The minimum absolute atomic E-state index is 0.235. The third-order valence-corrected chi connectivity index (χ3v) is 3.87. The molecule has 0 N–H and O–H groups in total. The molecule has 0 fully saturated rings. The molecule has 2 aromatic rings. The van der Waals surface area contributed by atoms with Crippen LogP contribution < -0.4 is 0 Å². The Morgan fingerprint density at radius 2 is 1.88 bits per heavy atom. The van der Waals surface area contributed by atoms with Crippen molar-refractivity contribution in [1.29, 1.82) is 0 Å². The molecule has 1 aromatic heterocycles. The number of esters is 1. The number of amides is 1. The van der Waals surface area contributed by atoms with Gasteiger partial charge in [0.15, 0.2) is 5.69 Å². The number of hydrogen-bond donors (Lipinski definition) is 0. The quantitative estimate of drug-likeness (QED) is 0.790. The molecule has 1 aromatic carbocycles. The first kappa shape index (κ1) is 18.0. The summed E-state index contributed by atoms with van der Waals surface area (Å²) in [5.74, 6) is -0.461. The lowest BCUT2D eigenvalue weighted by molar-refractivity contribution is 0.00615. The van der Waals surface area contributed by atoms with Crippen molar-refractivity contribution < 1.29 is 19.1 Å². The van der Waals surface area contributed by atoms with Crippen molar-refractivity contribution in [3.8, 4) is 0 Å². The first-order valence-electron chi connectivity index (χ1n) is 8.57. The van der Waals surface area contributed by atoms with Gasteiger partial charge in [0.2, 0.25) is 0 Å². The van der Waals surface area contributed by atoms with Gasteiger partial charge in [-0.3, -0.25) is 4.68 Å². The highest BCUT2D eigenvalue weighted by Gasteiger charge is 2.26. The molecule has 0 unspecified atom stereocenters. The average molecular weight is 357 g/mol. The monoisotopic (exact) mass is 357 g/mol. The lowest BCUT2D eigenvalue weighted by Crippen LogP contribution is -2.38. The van der Waals surface area contributed by atoms with Crippen LogP contribution in [0, 0.1) is 0 Å². The summed E-state index contributed by atoms with van der Waals surface area (Å²) in [5, 5.41) is 4.29. The molecule has 7 heteroatoms. The Hall–Kier alpha value is -2.83. The van der Waals surface area contributed by atoms with Gasteiger partial charge in [0.05, 0.1) is 18.8 Å². The predicted molar refractivity (Wildman–Crippen MR) is 94.4 cm³/mol. The van der Waals surface area contributed by atoms with Crippen molar-refractivity contribution in [1.82, 2.24) is 14.7 Å². The van der Waals surface area contributed by atoms with Crippen molar-refractivity contribution in [2.24, 2.45) is 0 Å². The van der Waals surface area contributed by atoms with Crippen molar-refractivity contribution in [2.45, 2.75) is 46.1 Å². The van der Waals surface area contributed by atoms with E-state index in [1.807, 2.05) is 51.1 Å². The van der Waals surface area contributed by atoms with Crippen LogP contribution in [0.1, 0.15) is 42.5 Å². The molecule has 26 heavy (non-hydrogen) atoms. The van der Waals surface area contributed by atoms with E-state index in [1.54, 1.807) is 15.6 Å². The fourth-order valence-corrected chi connectivity index (χ4v) is 2.66. The van der Waals surface area contributed by atoms with E-state index in [-0.39, 0.29) is 18.4 Å². The maximum atomic E-state index is 12.3. The van der Waals surface area contributed by atoms with Gasteiger partial charge in [0.1, 0.15) is 12.2 Å². The Balaban J connectivity index is 1.60. The summed E-state index contributed by atoms with van der Waals surface area (Å²) in [6.45, 7) is 7.01. The van der Waals surface area contributed by atoms with Crippen molar-refractivity contribution in [3.63, 3.8) is 0 Å². The van der Waals surface area contributed by atoms with Crippen molar-refractivity contribution >= 4 is 12.1 Å². The molecule has 1 amide bonds. The third kappa shape index (κ3) is 4.41. The van der Waals surface area contributed by atoms with Crippen LogP contribution >= 0.6 is 0 Å². The third-order valence-electron chi connectivity index (χ3n) is 3.87. The Morgan fingerprint density at radius 3 is 2.58 bits per heavy atom. The van der Waals surface area contributed by atoms with Gasteiger partial charge < -0.3 is 14.4 Å². The summed E-state index contributed by atoms with van der Waals surface area (Å²) < 4.78 is 12.4. The average Bonchev–Trinajstić information content (AvgIpc) is 3.02. The number of rotatable bonds is 3. The van der Waals surface area contributed by atoms with Gasteiger partial charge in [-0.2, -0.15) is 5.10 Å². The second kappa shape index (κ2) is 7.19. The van der Waals surface area contributed by atoms with E-state index in [4.69, 9.17) is 9.47 Å². The molecule has 3 rings (SSSR count). The predicted octanol–water partition coefficient (Wildman–Crippen LogP) is 2.99. The highest BCUT2D eigenvalue weighted by atomic mass is 16.6. The van der Waals surface area contributed by atoms with Crippen molar-refractivity contribution in [2.75, 3.05) is 6.54 Å². The second-order valence-corrected chi connectivity index (χ2v) is 7.21. The molecule has 0 atom stereocenters. The van der Waals surface area contributed by atoms with E-state index in [0.29, 0.717) is 19.6 Å². The topological polar surface area (TPSA) is 73.7 Å². The molecular weight excluding hydrogens is 334 g/mol. The number of nitrogens with zero attached hydrogens (tertiary/aromatic N) is 3. The zero-order valence-corrected chi connectivity index (χ0v) is 15.3. The van der Waals surface area contributed by atoms with Crippen LogP contribution in [0.15, 0.2) is 36.4 Å². The number of ether oxygens (including phenoxy) is 2. The molecule has 7 nitrogen and oxygen atoms in total. The molecule has 0 saturated carbocycles. The smallest absolute Gasteiger partial charge is 0.410 e. The van der Waals surface area contributed by atoms with Crippen molar-refractivity contribution in [3.05, 3.63) is 53.3 Å². The molecule has 1 aliphatic rings. The Kier molecular flexibility index (Phi) is 4.97. The number of carbonyl (C=O) groups excluding carboxylic acids is 2. The van der Waals surface area contributed by atoms with E-state index < -0.39 is 11.6 Å². The molecule has 0 spiro atoms. The summed E-state index contributed by atoms with van der Waals surface area (Å²) in [7, 11) is 0. The van der Waals surface area contributed by atoms with Crippen LogP contribution in [0.5, 0.6) is 0 Å². The summed E-state index contributed by atoms with van der Waals surface area (Å²) in [6, 6.07) is 11.2. The first-order valence-corrected chi connectivity index (χ1v) is 8.57. The number of fused-ring (bicyclic) bond motifs is 1. The lowest BCUT2D eigenvalue weighted by Gasteiger charge is -2.26. The van der Waals surface area contributed by atoms with E-state index in [0.717, 1.165) is 11.3 Å².